The summed E-state index contributed by atoms with van der Waals surface area (Å²) in [4.78, 5) is 23.9. The van der Waals surface area contributed by atoms with Gasteiger partial charge in [-0.3, -0.25) is 9.69 Å². The van der Waals surface area contributed by atoms with Crippen molar-refractivity contribution >= 4 is 11.6 Å². The Labute approximate surface area is 165 Å². The number of nitrogens with zero attached hydrogens (tertiary/aromatic N) is 3. The SMILES string of the molecule is Cc1ccnc(C2CCN(C(C)C(=O)Nc3ccc4c(c3)OCCO4)CC2)n1. The molecule has 3 heterocycles. The predicted octanol–water partition coefficient (Wildman–Crippen LogP) is 2.76. The molecule has 7 heteroatoms. The van der Waals surface area contributed by atoms with Crippen LogP contribution in [-0.4, -0.2) is 53.1 Å². The van der Waals surface area contributed by atoms with Gasteiger partial charge in [0, 0.05) is 29.6 Å². The second-order valence-corrected chi connectivity index (χ2v) is 7.39. The minimum atomic E-state index is -0.201. The van der Waals surface area contributed by atoms with Crippen LogP contribution >= 0.6 is 0 Å². The predicted molar refractivity (Wildman–Crippen MR) is 106 cm³/mol. The number of hydrogen-bond donors (Lipinski definition) is 1. The van der Waals surface area contributed by atoms with E-state index in [2.05, 4.69) is 20.2 Å². The molecule has 0 aliphatic carbocycles. The third kappa shape index (κ3) is 4.09. The van der Waals surface area contributed by atoms with Crippen molar-refractivity contribution in [1.29, 1.82) is 0 Å². The van der Waals surface area contributed by atoms with E-state index in [0.717, 1.165) is 48.9 Å². The van der Waals surface area contributed by atoms with Crippen LogP contribution in [0.25, 0.3) is 0 Å². The molecule has 0 radical (unpaired) electrons. The van der Waals surface area contributed by atoms with Gasteiger partial charge in [0.2, 0.25) is 5.91 Å². The summed E-state index contributed by atoms with van der Waals surface area (Å²) in [6.45, 7) is 6.75. The minimum Gasteiger partial charge on any atom is -0.486 e. The van der Waals surface area contributed by atoms with E-state index in [1.165, 1.54) is 0 Å². The van der Waals surface area contributed by atoms with Gasteiger partial charge in [0.25, 0.3) is 0 Å². The first kappa shape index (κ1) is 18.7. The quantitative estimate of drug-likeness (QED) is 0.876. The van der Waals surface area contributed by atoms with Gasteiger partial charge < -0.3 is 14.8 Å². The first-order valence-corrected chi connectivity index (χ1v) is 9.84. The molecule has 1 amide bonds. The third-order valence-electron chi connectivity index (χ3n) is 5.45. The van der Waals surface area contributed by atoms with Crippen LogP contribution in [0.4, 0.5) is 5.69 Å². The number of carbonyl (C=O) groups is 1. The van der Waals surface area contributed by atoms with Gasteiger partial charge in [-0.15, -0.1) is 0 Å². The monoisotopic (exact) mass is 382 g/mol. The molecular weight excluding hydrogens is 356 g/mol. The number of likely N-dealkylation sites (tertiary alicyclic amines) is 1. The maximum absolute atomic E-state index is 12.7. The molecule has 4 rings (SSSR count). The summed E-state index contributed by atoms with van der Waals surface area (Å²) in [5.41, 5.74) is 1.73. The number of aryl methyl sites for hydroxylation is 1. The van der Waals surface area contributed by atoms with Gasteiger partial charge in [-0.2, -0.15) is 0 Å². The number of amides is 1. The van der Waals surface area contributed by atoms with E-state index >= 15 is 0 Å². The topological polar surface area (TPSA) is 76.6 Å². The van der Waals surface area contributed by atoms with Gasteiger partial charge in [0.15, 0.2) is 11.5 Å². The van der Waals surface area contributed by atoms with Gasteiger partial charge in [0.05, 0.1) is 6.04 Å². The fourth-order valence-electron chi connectivity index (χ4n) is 3.74. The van der Waals surface area contributed by atoms with E-state index in [9.17, 15) is 4.79 Å². The van der Waals surface area contributed by atoms with E-state index in [0.29, 0.717) is 24.9 Å². The second kappa shape index (κ2) is 8.14. The van der Waals surface area contributed by atoms with Crippen LogP contribution in [0.2, 0.25) is 0 Å². The van der Waals surface area contributed by atoms with E-state index in [-0.39, 0.29) is 11.9 Å². The van der Waals surface area contributed by atoms with Crippen molar-refractivity contribution in [2.75, 3.05) is 31.6 Å². The number of aromatic nitrogens is 2. The van der Waals surface area contributed by atoms with E-state index < -0.39 is 0 Å². The van der Waals surface area contributed by atoms with Gasteiger partial charge in [0.1, 0.15) is 19.0 Å². The van der Waals surface area contributed by atoms with Crippen molar-refractivity contribution < 1.29 is 14.3 Å². The molecule has 0 bridgehead atoms. The lowest BCUT2D eigenvalue weighted by Gasteiger charge is -2.34. The Bertz CT molecular complexity index is 849. The molecule has 7 nitrogen and oxygen atoms in total. The van der Waals surface area contributed by atoms with Crippen molar-refractivity contribution in [3.05, 3.63) is 42.0 Å². The Hall–Kier alpha value is -2.67. The lowest BCUT2D eigenvalue weighted by Crippen LogP contribution is -2.45. The highest BCUT2D eigenvalue weighted by molar-refractivity contribution is 5.94. The Morgan fingerprint density at radius 2 is 1.93 bits per heavy atom. The molecule has 1 unspecified atom stereocenters. The third-order valence-corrected chi connectivity index (χ3v) is 5.45. The molecule has 28 heavy (non-hydrogen) atoms. The Balaban J connectivity index is 1.33. The highest BCUT2D eigenvalue weighted by Crippen LogP contribution is 2.33. The fourth-order valence-corrected chi connectivity index (χ4v) is 3.74. The van der Waals surface area contributed by atoms with Gasteiger partial charge >= 0.3 is 0 Å². The Morgan fingerprint density at radius 3 is 2.68 bits per heavy atom. The second-order valence-electron chi connectivity index (χ2n) is 7.39. The number of benzene rings is 1. The zero-order valence-electron chi connectivity index (χ0n) is 16.4. The number of nitrogens with one attached hydrogen (secondary N) is 1. The molecule has 2 aromatic rings. The summed E-state index contributed by atoms with van der Waals surface area (Å²) < 4.78 is 11.1. The van der Waals surface area contributed by atoms with Crippen molar-refractivity contribution in [1.82, 2.24) is 14.9 Å². The standard InChI is InChI=1S/C21H26N4O3/c1-14-5-8-22-20(23-14)16-6-9-25(10-7-16)15(2)21(26)24-17-3-4-18-19(13-17)28-12-11-27-18/h3-5,8,13,15-16H,6-7,9-12H2,1-2H3,(H,24,26). The molecule has 0 saturated carbocycles. The minimum absolute atomic E-state index is 0.0121. The fraction of sp³-hybridized carbons (Fsp3) is 0.476. The zero-order chi connectivity index (χ0) is 19.5. The van der Waals surface area contributed by atoms with Gasteiger partial charge in [-0.1, -0.05) is 0 Å². The number of fused-ring (bicyclic) bond motifs is 1. The summed E-state index contributed by atoms with van der Waals surface area (Å²) in [5.74, 6) is 2.67. The summed E-state index contributed by atoms with van der Waals surface area (Å²) in [7, 11) is 0. The molecule has 1 fully saturated rings. The lowest BCUT2D eigenvalue weighted by atomic mass is 9.95. The number of ether oxygens (including phenoxy) is 2. The molecular formula is C21H26N4O3. The number of rotatable bonds is 4. The van der Waals surface area contributed by atoms with Crippen LogP contribution in [0.5, 0.6) is 11.5 Å². The maximum atomic E-state index is 12.7. The van der Waals surface area contributed by atoms with Crippen LogP contribution in [0.1, 0.15) is 37.2 Å². The molecule has 2 aliphatic rings. The molecule has 1 saturated heterocycles. The first-order chi connectivity index (χ1) is 13.6. The summed E-state index contributed by atoms with van der Waals surface area (Å²) >= 11 is 0. The molecule has 148 valence electrons. The smallest absolute Gasteiger partial charge is 0.241 e. The maximum Gasteiger partial charge on any atom is 0.241 e. The zero-order valence-corrected chi connectivity index (χ0v) is 16.4. The van der Waals surface area contributed by atoms with Crippen LogP contribution in [0, 0.1) is 6.92 Å². The van der Waals surface area contributed by atoms with Crippen molar-refractivity contribution in [2.45, 2.75) is 38.6 Å². The van der Waals surface area contributed by atoms with Crippen LogP contribution < -0.4 is 14.8 Å². The summed E-state index contributed by atoms with van der Waals surface area (Å²) in [6, 6.07) is 7.22. The molecule has 2 aliphatic heterocycles. The highest BCUT2D eigenvalue weighted by atomic mass is 16.6. The van der Waals surface area contributed by atoms with Crippen LogP contribution in [0.3, 0.4) is 0 Å². The number of hydrogen-bond acceptors (Lipinski definition) is 6. The van der Waals surface area contributed by atoms with E-state index in [4.69, 9.17) is 9.47 Å². The molecule has 1 N–H and O–H groups in total. The van der Waals surface area contributed by atoms with Gasteiger partial charge in [-0.25, -0.2) is 9.97 Å². The molecule has 1 aromatic heterocycles. The average molecular weight is 382 g/mol. The normalized spacial score (nSPS) is 18.5. The molecule has 1 atom stereocenters. The van der Waals surface area contributed by atoms with Crippen LogP contribution in [0.15, 0.2) is 30.5 Å². The summed E-state index contributed by atoms with van der Waals surface area (Å²) in [5, 5.41) is 3.00. The van der Waals surface area contributed by atoms with Gasteiger partial charge in [-0.05, 0) is 58.0 Å². The first-order valence-electron chi connectivity index (χ1n) is 9.84. The Morgan fingerprint density at radius 1 is 1.18 bits per heavy atom. The number of anilines is 1. The van der Waals surface area contributed by atoms with E-state index in [1.54, 1.807) is 0 Å². The van der Waals surface area contributed by atoms with Crippen molar-refractivity contribution in [2.24, 2.45) is 0 Å². The molecule has 0 spiro atoms. The summed E-state index contributed by atoms with van der Waals surface area (Å²) in [6.07, 6.45) is 3.75. The van der Waals surface area contributed by atoms with Crippen molar-refractivity contribution in [3.8, 4) is 11.5 Å². The largest absolute Gasteiger partial charge is 0.486 e. The Kier molecular flexibility index (Phi) is 5.43. The lowest BCUT2D eigenvalue weighted by molar-refractivity contribution is -0.121. The number of carbonyl (C=O) groups excluding carboxylic acids is 1. The highest BCUT2D eigenvalue weighted by Gasteiger charge is 2.28. The molecule has 1 aromatic carbocycles. The van der Waals surface area contributed by atoms with E-state index in [1.807, 2.05) is 44.3 Å². The number of piperidine rings is 1. The van der Waals surface area contributed by atoms with Crippen molar-refractivity contribution in [3.63, 3.8) is 0 Å². The average Bonchev–Trinajstić information content (AvgIpc) is 2.73. The van der Waals surface area contributed by atoms with Crippen LogP contribution in [-0.2, 0) is 4.79 Å².